The van der Waals surface area contributed by atoms with E-state index in [-0.39, 0.29) is 30.9 Å². The highest BCUT2D eigenvalue weighted by Gasteiger charge is 2.18. The zero-order chi connectivity index (χ0) is 7.84. The van der Waals surface area contributed by atoms with Crippen molar-refractivity contribution >= 4 is 30.5 Å². The molecule has 1 atom stereocenters. The monoisotopic (exact) mass is 220 g/mol. The minimum absolute atomic E-state index is 0. The van der Waals surface area contributed by atoms with Crippen LogP contribution in [0.1, 0.15) is 23.6 Å². The van der Waals surface area contributed by atoms with E-state index in [2.05, 4.69) is 6.07 Å². The third-order valence-corrected chi connectivity index (χ3v) is 2.29. The molecule has 13 heavy (non-hydrogen) atoms. The van der Waals surface area contributed by atoms with Crippen LogP contribution in [0, 0.1) is 0 Å². The van der Waals surface area contributed by atoms with Crippen molar-refractivity contribution in [2.75, 3.05) is 5.73 Å². The van der Waals surface area contributed by atoms with Gasteiger partial charge in [0.25, 0.3) is 0 Å². The van der Waals surface area contributed by atoms with Crippen molar-refractivity contribution in [1.29, 1.82) is 0 Å². The first-order chi connectivity index (χ1) is 5.27. The molecule has 0 aromatic heterocycles. The van der Waals surface area contributed by atoms with E-state index in [0.717, 1.165) is 18.5 Å². The number of hydrogen-bond donors (Lipinski definition) is 2. The number of rotatable bonds is 0. The van der Waals surface area contributed by atoms with Crippen LogP contribution in [0.3, 0.4) is 0 Å². The predicted molar refractivity (Wildman–Crippen MR) is 60.6 cm³/mol. The number of nitrogen functional groups attached to an aromatic ring is 1. The fourth-order valence-corrected chi connectivity index (χ4v) is 1.65. The van der Waals surface area contributed by atoms with E-state index in [1.165, 1.54) is 11.1 Å². The van der Waals surface area contributed by atoms with Crippen molar-refractivity contribution in [2.24, 2.45) is 5.73 Å². The average molecular weight is 221 g/mol. The molecule has 74 valence electrons. The molecule has 0 saturated heterocycles. The van der Waals surface area contributed by atoms with Gasteiger partial charge in [0.15, 0.2) is 0 Å². The Hall–Kier alpha value is -0.440. The second-order valence-corrected chi connectivity index (χ2v) is 3.10. The van der Waals surface area contributed by atoms with E-state index < -0.39 is 0 Å². The maximum absolute atomic E-state index is 5.86. The second-order valence-electron chi connectivity index (χ2n) is 3.10. The van der Waals surface area contributed by atoms with Gasteiger partial charge in [0, 0.05) is 11.7 Å². The van der Waals surface area contributed by atoms with Crippen LogP contribution < -0.4 is 11.5 Å². The summed E-state index contributed by atoms with van der Waals surface area (Å²) in [6.45, 7) is 0. The van der Waals surface area contributed by atoms with Crippen LogP contribution in [0.4, 0.5) is 5.69 Å². The van der Waals surface area contributed by atoms with Crippen molar-refractivity contribution in [3.8, 4) is 0 Å². The lowest BCUT2D eigenvalue weighted by atomic mass is 10.1. The summed E-state index contributed by atoms with van der Waals surface area (Å²) in [4.78, 5) is 0. The van der Waals surface area contributed by atoms with Gasteiger partial charge in [0.2, 0.25) is 0 Å². The van der Waals surface area contributed by atoms with Gasteiger partial charge >= 0.3 is 0 Å². The molecule has 0 aliphatic heterocycles. The normalized spacial score (nSPS) is 18.4. The molecule has 0 radical (unpaired) electrons. The summed E-state index contributed by atoms with van der Waals surface area (Å²) in [6.07, 6.45) is 2.18. The van der Waals surface area contributed by atoms with E-state index >= 15 is 0 Å². The molecular formula is C9H14Cl2N2. The van der Waals surface area contributed by atoms with Crippen LogP contribution in [0.5, 0.6) is 0 Å². The van der Waals surface area contributed by atoms with Gasteiger partial charge in [-0.25, -0.2) is 0 Å². The highest BCUT2D eigenvalue weighted by Crippen LogP contribution is 2.30. The third-order valence-electron chi connectivity index (χ3n) is 2.29. The highest BCUT2D eigenvalue weighted by molar-refractivity contribution is 5.85. The largest absolute Gasteiger partial charge is 0.399 e. The minimum Gasteiger partial charge on any atom is -0.399 e. The van der Waals surface area contributed by atoms with Crippen LogP contribution in [0.25, 0.3) is 0 Å². The Balaban J connectivity index is 0.000000720. The molecule has 1 unspecified atom stereocenters. The van der Waals surface area contributed by atoms with E-state index in [4.69, 9.17) is 11.5 Å². The quantitative estimate of drug-likeness (QED) is 0.659. The topological polar surface area (TPSA) is 52.0 Å². The zero-order valence-corrected chi connectivity index (χ0v) is 8.83. The third kappa shape index (κ3) is 2.27. The fraction of sp³-hybridized carbons (Fsp3) is 0.333. The maximum Gasteiger partial charge on any atom is 0.0317 e. The standard InChI is InChI=1S/C9H12N2.2ClH/c10-7-3-1-6-2-4-9(11)8(6)5-7;;/h1,3,5,9H,2,4,10-11H2;2*1H. The van der Waals surface area contributed by atoms with Crippen molar-refractivity contribution in [1.82, 2.24) is 0 Å². The number of aryl methyl sites for hydroxylation is 1. The molecule has 1 aliphatic rings. The van der Waals surface area contributed by atoms with Gasteiger partial charge in [0.05, 0.1) is 0 Å². The molecule has 0 heterocycles. The summed E-state index contributed by atoms with van der Waals surface area (Å²) in [5.41, 5.74) is 14.9. The summed E-state index contributed by atoms with van der Waals surface area (Å²) >= 11 is 0. The molecule has 0 fully saturated rings. The van der Waals surface area contributed by atoms with E-state index in [1.54, 1.807) is 0 Å². The first-order valence-corrected chi connectivity index (χ1v) is 3.91. The zero-order valence-electron chi connectivity index (χ0n) is 7.19. The van der Waals surface area contributed by atoms with Crippen LogP contribution in [-0.2, 0) is 6.42 Å². The van der Waals surface area contributed by atoms with Gasteiger partial charge in [-0.05, 0) is 36.1 Å². The molecule has 0 spiro atoms. The Kier molecular flexibility index (Phi) is 4.54. The SMILES string of the molecule is Cl.Cl.Nc1ccc2c(c1)C(N)CC2. The number of halogens is 2. The van der Waals surface area contributed by atoms with Gasteiger partial charge in [-0.3, -0.25) is 0 Å². The van der Waals surface area contributed by atoms with Gasteiger partial charge in [-0.15, -0.1) is 24.8 Å². The van der Waals surface area contributed by atoms with Crippen molar-refractivity contribution < 1.29 is 0 Å². The second kappa shape index (κ2) is 4.70. The molecule has 0 amide bonds. The Bertz CT molecular complexity index is 289. The van der Waals surface area contributed by atoms with Crippen LogP contribution in [0.15, 0.2) is 18.2 Å². The number of nitrogens with two attached hydrogens (primary N) is 2. The van der Waals surface area contributed by atoms with E-state index in [1.807, 2.05) is 12.1 Å². The summed E-state index contributed by atoms with van der Waals surface area (Å²) in [7, 11) is 0. The average Bonchev–Trinajstić information content (AvgIpc) is 2.33. The summed E-state index contributed by atoms with van der Waals surface area (Å²) in [5.74, 6) is 0. The predicted octanol–water partition coefficient (Wildman–Crippen LogP) is 2.06. The number of anilines is 1. The minimum atomic E-state index is 0. The highest BCUT2D eigenvalue weighted by atomic mass is 35.5. The van der Waals surface area contributed by atoms with Gasteiger partial charge in [-0.1, -0.05) is 6.07 Å². The Morgan fingerprint density at radius 3 is 2.62 bits per heavy atom. The van der Waals surface area contributed by atoms with Crippen molar-refractivity contribution in [2.45, 2.75) is 18.9 Å². The van der Waals surface area contributed by atoms with Gasteiger partial charge in [0.1, 0.15) is 0 Å². The number of hydrogen-bond acceptors (Lipinski definition) is 2. The maximum atomic E-state index is 5.86. The molecule has 4 heteroatoms. The molecule has 0 bridgehead atoms. The Morgan fingerprint density at radius 2 is 1.92 bits per heavy atom. The Labute approximate surface area is 90.5 Å². The van der Waals surface area contributed by atoms with E-state index in [0.29, 0.717) is 0 Å². The number of benzene rings is 1. The lowest BCUT2D eigenvalue weighted by Crippen LogP contribution is -2.05. The molecule has 1 aromatic carbocycles. The molecule has 4 N–H and O–H groups in total. The lowest BCUT2D eigenvalue weighted by molar-refractivity contribution is 0.713. The smallest absolute Gasteiger partial charge is 0.0317 e. The Morgan fingerprint density at radius 1 is 1.23 bits per heavy atom. The van der Waals surface area contributed by atoms with Crippen LogP contribution in [0.2, 0.25) is 0 Å². The van der Waals surface area contributed by atoms with Crippen LogP contribution in [-0.4, -0.2) is 0 Å². The molecular weight excluding hydrogens is 207 g/mol. The molecule has 2 nitrogen and oxygen atoms in total. The molecule has 2 rings (SSSR count). The fourth-order valence-electron chi connectivity index (χ4n) is 1.65. The summed E-state index contributed by atoms with van der Waals surface area (Å²) in [6, 6.07) is 6.23. The summed E-state index contributed by atoms with van der Waals surface area (Å²) in [5, 5.41) is 0. The molecule has 0 saturated carbocycles. The summed E-state index contributed by atoms with van der Waals surface area (Å²) < 4.78 is 0. The first-order valence-electron chi connectivity index (χ1n) is 3.91. The van der Waals surface area contributed by atoms with Crippen molar-refractivity contribution in [3.63, 3.8) is 0 Å². The van der Waals surface area contributed by atoms with E-state index in [9.17, 15) is 0 Å². The van der Waals surface area contributed by atoms with Gasteiger partial charge < -0.3 is 11.5 Å². The molecule has 1 aromatic rings. The lowest BCUT2D eigenvalue weighted by Gasteiger charge is -2.04. The van der Waals surface area contributed by atoms with Gasteiger partial charge in [-0.2, -0.15) is 0 Å². The number of fused-ring (bicyclic) bond motifs is 1. The first kappa shape index (κ1) is 12.6. The van der Waals surface area contributed by atoms with Crippen molar-refractivity contribution in [3.05, 3.63) is 29.3 Å². The van der Waals surface area contributed by atoms with Crippen LogP contribution >= 0.6 is 24.8 Å². The molecule has 1 aliphatic carbocycles.